The monoisotopic (exact) mass is 424 g/mol. The number of nitrogens with one attached hydrogen (secondary N) is 1. The van der Waals surface area contributed by atoms with Crippen LogP contribution in [0.4, 0.5) is 0 Å². The van der Waals surface area contributed by atoms with Crippen LogP contribution in [-0.2, 0) is 10.0 Å². The molecule has 1 aliphatic rings. The molecule has 9 heteroatoms. The maximum atomic E-state index is 12.9. The van der Waals surface area contributed by atoms with Crippen molar-refractivity contribution in [2.24, 2.45) is 0 Å². The summed E-state index contributed by atoms with van der Waals surface area (Å²) in [5.41, 5.74) is 0. The second-order valence-corrected chi connectivity index (χ2v) is 9.16. The van der Waals surface area contributed by atoms with Gasteiger partial charge >= 0.3 is 0 Å². The van der Waals surface area contributed by atoms with Gasteiger partial charge in [0.25, 0.3) is 5.91 Å². The molecule has 2 aromatic rings. The Labute approximate surface area is 169 Å². The molecule has 1 aromatic heterocycles. The Morgan fingerprint density at radius 2 is 1.86 bits per heavy atom. The van der Waals surface area contributed by atoms with Gasteiger partial charge in [-0.2, -0.15) is 4.31 Å². The van der Waals surface area contributed by atoms with E-state index in [9.17, 15) is 13.2 Å². The van der Waals surface area contributed by atoms with E-state index >= 15 is 0 Å². The molecule has 0 aliphatic carbocycles. The molecule has 1 aromatic carbocycles. The van der Waals surface area contributed by atoms with Crippen LogP contribution in [0.15, 0.2) is 40.6 Å². The number of nitrogens with zero attached hydrogens (tertiary/aromatic N) is 1. The van der Waals surface area contributed by atoms with Crippen molar-refractivity contribution in [3.05, 3.63) is 40.6 Å². The van der Waals surface area contributed by atoms with E-state index in [-0.39, 0.29) is 22.9 Å². The summed E-state index contributed by atoms with van der Waals surface area (Å²) in [6.45, 7) is 1.50. The van der Waals surface area contributed by atoms with Crippen molar-refractivity contribution >= 4 is 27.3 Å². The third kappa shape index (κ3) is 4.65. The van der Waals surface area contributed by atoms with E-state index in [0.717, 1.165) is 30.6 Å². The molecule has 0 radical (unpaired) electrons. The number of piperidine rings is 1. The van der Waals surface area contributed by atoms with Crippen molar-refractivity contribution in [2.75, 3.05) is 33.4 Å². The first-order valence-corrected chi connectivity index (χ1v) is 11.5. The number of ether oxygens (including phenoxy) is 2. The number of benzene rings is 1. The lowest BCUT2D eigenvalue weighted by atomic mass is 10.2. The number of para-hydroxylation sites is 2. The van der Waals surface area contributed by atoms with Crippen LogP contribution in [-0.4, -0.2) is 52.0 Å². The van der Waals surface area contributed by atoms with Crippen molar-refractivity contribution in [3.8, 4) is 11.5 Å². The molecular formula is C19H24N2O5S2. The third-order valence-electron chi connectivity index (χ3n) is 4.48. The molecule has 0 saturated carbocycles. The first-order valence-electron chi connectivity index (χ1n) is 9.15. The van der Waals surface area contributed by atoms with Crippen LogP contribution in [0.1, 0.15) is 28.9 Å². The van der Waals surface area contributed by atoms with Crippen molar-refractivity contribution in [1.82, 2.24) is 9.62 Å². The summed E-state index contributed by atoms with van der Waals surface area (Å²) in [6.07, 6.45) is 2.74. The fraction of sp³-hybridized carbons (Fsp3) is 0.421. The van der Waals surface area contributed by atoms with Gasteiger partial charge < -0.3 is 14.8 Å². The standard InChI is InChI=1S/C19H24N2O5S2/c1-25-15-7-3-4-8-16(15)26-13-10-20-19(22)18-17(9-14-27-18)28(23,24)21-11-5-2-6-12-21/h3-4,7-9,14H,2,5-6,10-13H2,1H3,(H,20,22). The number of thiophene rings is 1. The molecule has 1 N–H and O–H groups in total. The Kier molecular flexibility index (Phi) is 6.93. The maximum absolute atomic E-state index is 12.9. The lowest BCUT2D eigenvalue weighted by molar-refractivity contribution is 0.0947. The average Bonchev–Trinajstić information content (AvgIpc) is 3.23. The summed E-state index contributed by atoms with van der Waals surface area (Å²) in [5.74, 6) is 0.792. The van der Waals surface area contributed by atoms with Crippen LogP contribution < -0.4 is 14.8 Å². The third-order valence-corrected chi connectivity index (χ3v) is 7.47. The number of amides is 1. The lowest BCUT2D eigenvalue weighted by Crippen LogP contribution is -2.36. The zero-order valence-electron chi connectivity index (χ0n) is 15.7. The molecule has 1 saturated heterocycles. The van der Waals surface area contributed by atoms with Gasteiger partial charge in [-0.3, -0.25) is 4.79 Å². The highest BCUT2D eigenvalue weighted by Crippen LogP contribution is 2.27. The minimum Gasteiger partial charge on any atom is -0.493 e. The number of carbonyl (C=O) groups excluding carboxylic acids is 1. The molecule has 7 nitrogen and oxygen atoms in total. The summed E-state index contributed by atoms with van der Waals surface area (Å²) in [4.78, 5) is 12.8. The van der Waals surface area contributed by atoms with Crippen LogP contribution in [0.25, 0.3) is 0 Å². The smallest absolute Gasteiger partial charge is 0.262 e. The topological polar surface area (TPSA) is 84.9 Å². The first-order chi connectivity index (χ1) is 13.5. The van der Waals surface area contributed by atoms with Crippen molar-refractivity contribution < 1.29 is 22.7 Å². The van der Waals surface area contributed by atoms with Crippen LogP contribution in [0.5, 0.6) is 11.5 Å². The Morgan fingerprint density at radius 1 is 1.14 bits per heavy atom. The van der Waals surface area contributed by atoms with Crippen molar-refractivity contribution in [2.45, 2.75) is 24.2 Å². The zero-order chi connectivity index (χ0) is 20.0. The summed E-state index contributed by atoms with van der Waals surface area (Å²) >= 11 is 1.13. The number of sulfonamides is 1. The maximum Gasteiger partial charge on any atom is 0.262 e. The summed E-state index contributed by atoms with van der Waals surface area (Å²) in [6, 6.07) is 8.75. The van der Waals surface area contributed by atoms with Gasteiger partial charge in [0.15, 0.2) is 11.5 Å². The van der Waals surface area contributed by atoms with Gasteiger partial charge in [0.05, 0.1) is 13.7 Å². The number of methoxy groups -OCH3 is 1. The van der Waals surface area contributed by atoms with E-state index in [2.05, 4.69) is 5.32 Å². The molecule has 2 heterocycles. The molecule has 152 valence electrons. The van der Waals surface area contributed by atoms with Crippen LogP contribution in [0.2, 0.25) is 0 Å². The second kappa shape index (κ2) is 9.40. The van der Waals surface area contributed by atoms with E-state index in [1.54, 1.807) is 24.6 Å². The predicted octanol–water partition coefficient (Wildman–Crippen LogP) is 2.74. The van der Waals surface area contributed by atoms with Gasteiger partial charge in [-0.25, -0.2) is 8.42 Å². The second-order valence-electron chi connectivity index (χ2n) is 6.33. The molecule has 1 aliphatic heterocycles. The van der Waals surface area contributed by atoms with Crippen molar-refractivity contribution in [1.29, 1.82) is 0 Å². The van der Waals surface area contributed by atoms with Gasteiger partial charge in [0.1, 0.15) is 16.4 Å². The molecule has 1 fully saturated rings. The molecule has 0 atom stereocenters. The fourth-order valence-corrected chi connectivity index (χ4v) is 5.89. The molecule has 3 rings (SSSR count). The Hall–Kier alpha value is -2.10. The number of carbonyl (C=O) groups is 1. The highest BCUT2D eigenvalue weighted by Gasteiger charge is 2.30. The predicted molar refractivity (Wildman–Crippen MR) is 108 cm³/mol. The molecular weight excluding hydrogens is 400 g/mol. The van der Waals surface area contributed by atoms with Crippen LogP contribution in [0.3, 0.4) is 0 Å². The van der Waals surface area contributed by atoms with Gasteiger partial charge in [-0.15, -0.1) is 11.3 Å². The fourth-order valence-electron chi connectivity index (χ4n) is 3.05. The van der Waals surface area contributed by atoms with Crippen molar-refractivity contribution in [3.63, 3.8) is 0 Å². The number of rotatable bonds is 8. The molecule has 0 bridgehead atoms. The van der Waals surface area contributed by atoms with Crippen LogP contribution >= 0.6 is 11.3 Å². The van der Waals surface area contributed by atoms with Crippen LogP contribution in [0, 0.1) is 0 Å². The SMILES string of the molecule is COc1ccccc1OCCNC(=O)c1sccc1S(=O)(=O)N1CCCCC1. The Balaban J connectivity index is 1.59. The highest BCUT2D eigenvalue weighted by molar-refractivity contribution is 7.89. The normalized spacial score (nSPS) is 15.2. The summed E-state index contributed by atoms with van der Waals surface area (Å²) in [5, 5.41) is 4.37. The molecule has 0 spiro atoms. The van der Waals surface area contributed by atoms with E-state index in [1.807, 2.05) is 12.1 Å². The van der Waals surface area contributed by atoms with E-state index < -0.39 is 15.9 Å². The average molecular weight is 425 g/mol. The molecule has 28 heavy (non-hydrogen) atoms. The molecule has 0 unspecified atom stereocenters. The minimum absolute atomic E-state index is 0.0857. The summed E-state index contributed by atoms with van der Waals surface area (Å²) in [7, 11) is -2.08. The Morgan fingerprint density at radius 3 is 2.57 bits per heavy atom. The van der Waals surface area contributed by atoms with E-state index in [0.29, 0.717) is 24.6 Å². The van der Waals surface area contributed by atoms with Gasteiger partial charge in [0.2, 0.25) is 10.0 Å². The lowest BCUT2D eigenvalue weighted by Gasteiger charge is -2.25. The highest BCUT2D eigenvalue weighted by atomic mass is 32.2. The van der Waals surface area contributed by atoms with E-state index in [4.69, 9.17) is 9.47 Å². The Bertz CT molecular complexity index is 905. The van der Waals surface area contributed by atoms with Gasteiger partial charge in [-0.05, 0) is 36.4 Å². The minimum atomic E-state index is -3.64. The zero-order valence-corrected chi connectivity index (χ0v) is 17.4. The first kappa shape index (κ1) is 20.6. The largest absolute Gasteiger partial charge is 0.493 e. The van der Waals surface area contributed by atoms with Gasteiger partial charge in [-0.1, -0.05) is 18.6 Å². The van der Waals surface area contributed by atoms with E-state index in [1.165, 1.54) is 10.4 Å². The number of hydrogen-bond acceptors (Lipinski definition) is 6. The summed E-state index contributed by atoms with van der Waals surface area (Å²) < 4.78 is 38.1. The molecule has 1 amide bonds. The quantitative estimate of drug-likeness (QED) is 0.659. The number of hydrogen-bond donors (Lipinski definition) is 1. The van der Waals surface area contributed by atoms with Gasteiger partial charge in [0, 0.05) is 13.1 Å².